The third kappa shape index (κ3) is 4.37. The van der Waals surface area contributed by atoms with Crippen LogP contribution in [0.25, 0.3) is 6.08 Å². The Labute approximate surface area is 128 Å². The van der Waals surface area contributed by atoms with E-state index in [0.29, 0.717) is 17.2 Å². The first-order valence-electron chi connectivity index (χ1n) is 6.76. The van der Waals surface area contributed by atoms with E-state index in [1.807, 2.05) is 14.1 Å². The fourth-order valence-corrected chi connectivity index (χ4v) is 1.71. The Morgan fingerprint density at radius 1 is 1.32 bits per heavy atom. The van der Waals surface area contributed by atoms with E-state index in [4.69, 9.17) is 0 Å². The first kappa shape index (κ1) is 15.6. The second-order valence-corrected chi connectivity index (χ2v) is 4.82. The van der Waals surface area contributed by atoms with Crippen LogP contribution < -0.4 is 10.2 Å². The van der Waals surface area contributed by atoms with Crippen LogP contribution in [0.4, 0.5) is 10.3 Å². The Morgan fingerprint density at radius 2 is 2.09 bits per heavy atom. The number of rotatable bonds is 5. The normalized spacial score (nSPS) is 10.7. The van der Waals surface area contributed by atoms with Gasteiger partial charge in [-0.25, -0.2) is 14.4 Å². The Bertz CT molecular complexity index is 685. The zero-order valence-electron chi connectivity index (χ0n) is 12.5. The molecule has 0 radical (unpaired) electrons. The minimum Gasteiger partial charge on any atom is -0.347 e. The van der Waals surface area contributed by atoms with Gasteiger partial charge in [0.05, 0.1) is 12.2 Å². The van der Waals surface area contributed by atoms with E-state index in [2.05, 4.69) is 15.3 Å². The summed E-state index contributed by atoms with van der Waals surface area (Å²) in [5.74, 6) is -0.0973. The van der Waals surface area contributed by atoms with Gasteiger partial charge >= 0.3 is 0 Å². The fraction of sp³-hybridized carbons (Fsp3) is 0.188. The minimum atomic E-state index is -0.363. The predicted octanol–water partition coefficient (Wildman–Crippen LogP) is 2.01. The minimum absolute atomic E-state index is 0.282. The van der Waals surface area contributed by atoms with E-state index in [1.54, 1.807) is 35.4 Å². The van der Waals surface area contributed by atoms with Gasteiger partial charge in [0.2, 0.25) is 11.9 Å². The molecule has 0 spiro atoms. The van der Waals surface area contributed by atoms with E-state index >= 15 is 0 Å². The average molecular weight is 300 g/mol. The topological polar surface area (TPSA) is 58.1 Å². The summed E-state index contributed by atoms with van der Waals surface area (Å²) in [5.41, 5.74) is 1.07. The number of hydrogen-bond acceptors (Lipinski definition) is 4. The second-order valence-electron chi connectivity index (χ2n) is 4.82. The summed E-state index contributed by atoms with van der Waals surface area (Å²) in [6.07, 6.45) is 4.38. The molecule has 114 valence electrons. The summed E-state index contributed by atoms with van der Waals surface area (Å²) < 4.78 is 13.4. The van der Waals surface area contributed by atoms with Gasteiger partial charge in [-0.2, -0.15) is 0 Å². The monoisotopic (exact) mass is 300 g/mol. The van der Waals surface area contributed by atoms with Gasteiger partial charge in [0.1, 0.15) is 5.82 Å². The summed E-state index contributed by atoms with van der Waals surface area (Å²) in [7, 11) is 3.68. The van der Waals surface area contributed by atoms with E-state index in [-0.39, 0.29) is 18.3 Å². The van der Waals surface area contributed by atoms with Gasteiger partial charge in [-0.05, 0) is 18.2 Å². The van der Waals surface area contributed by atoms with Crippen LogP contribution in [0.1, 0.15) is 11.3 Å². The quantitative estimate of drug-likeness (QED) is 0.858. The van der Waals surface area contributed by atoms with Crippen LogP contribution in [0.3, 0.4) is 0 Å². The molecule has 0 atom stereocenters. The molecule has 1 aromatic carbocycles. The van der Waals surface area contributed by atoms with Crippen molar-refractivity contribution in [2.45, 2.75) is 6.54 Å². The molecule has 1 aromatic heterocycles. The molecule has 0 saturated carbocycles. The highest BCUT2D eigenvalue weighted by molar-refractivity contribution is 5.91. The summed E-state index contributed by atoms with van der Waals surface area (Å²) in [6, 6.07) is 8.00. The van der Waals surface area contributed by atoms with E-state index in [9.17, 15) is 9.18 Å². The molecule has 0 bridgehead atoms. The molecule has 0 aliphatic rings. The number of carbonyl (C=O) groups excluding carboxylic acids is 1. The van der Waals surface area contributed by atoms with Gasteiger partial charge in [-0.3, -0.25) is 4.79 Å². The van der Waals surface area contributed by atoms with E-state index in [1.165, 1.54) is 18.2 Å². The van der Waals surface area contributed by atoms with Crippen LogP contribution in [0.5, 0.6) is 0 Å². The third-order valence-electron chi connectivity index (χ3n) is 2.86. The first-order valence-corrected chi connectivity index (χ1v) is 6.76. The summed E-state index contributed by atoms with van der Waals surface area (Å²) in [5, 5.41) is 2.70. The molecule has 0 aliphatic heterocycles. The van der Waals surface area contributed by atoms with Crippen LogP contribution in [-0.4, -0.2) is 30.0 Å². The van der Waals surface area contributed by atoms with Crippen molar-refractivity contribution in [2.24, 2.45) is 0 Å². The van der Waals surface area contributed by atoms with Gasteiger partial charge in [-0.1, -0.05) is 18.2 Å². The summed E-state index contributed by atoms with van der Waals surface area (Å²) >= 11 is 0. The number of nitrogens with zero attached hydrogens (tertiary/aromatic N) is 3. The molecule has 1 heterocycles. The molecule has 0 unspecified atom stereocenters. The third-order valence-corrected chi connectivity index (χ3v) is 2.86. The number of hydrogen-bond donors (Lipinski definition) is 1. The maximum Gasteiger partial charge on any atom is 0.244 e. The Morgan fingerprint density at radius 3 is 2.82 bits per heavy atom. The van der Waals surface area contributed by atoms with Crippen LogP contribution in [-0.2, 0) is 11.3 Å². The molecular formula is C16H17FN4O. The van der Waals surface area contributed by atoms with Crippen LogP contribution in [0.15, 0.2) is 42.6 Å². The zero-order valence-corrected chi connectivity index (χ0v) is 12.5. The number of halogens is 1. The number of amides is 1. The van der Waals surface area contributed by atoms with Crippen molar-refractivity contribution in [1.82, 2.24) is 15.3 Å². The molecule has 2 rings (SSSR count). The molecule has 1 amide bonds. The highest BCUT2D eigenvalue weighted by Gasteiger charge is 2.03. The standard InChI is InChI=1S/C16H17FN4O/c1-21(2)16-18-10-9-13(20-16)11-19-15(22)8-7-12-5-3-4-6-14(12)17/h3-10H,11H2,1-2H3,(H,19,22)/b8-7+. The summed E-state index contributed by atoms with van der Waals surface area (Å²) in [6.45, 7) is 0.282. The van der Waals surface area contributed by atoms with Crippen molar-refractivity contribution in [3.63, 3.8) is 0 Å². The van der Waals surface area contributed by atoms with Gasteiger partial charge in [0.15, 0.2) is 0 Å². The van der Waals surface area contributed by atoms with Crippen molar-refractivity contribution in [3.05, 3.63) is 59.7 Å². The molecule has 22 heavy (non-hydrogen) atoms. The smallest absolute Gasteiger partial charge is 0.244 e. The van der Waals surface area contributed by atoms with Crippen molar-refractivity contribution < 1.29 is 9.18 Å². The fourth-order valence-electron chi connectivity index (χ4n) is 1.71. The number of anilines is 1. The maximum atomic E-state index is 13.4. The van der Waals surface area contributed by atoms with Crippen molar-refractivity contribution in [3.8, 4) is 0 Å². The molecular weight excluding hydrogens is 283 g/mol. The Kier molecular flexibility index (Phi) is 5.19. The second kappa shape index (κ2) is 7.31. The number of carbonyl (C=O) groups is 1. The first-order chi connectivity index (χ1) is 10.6. The molecule has 6 heteroatoms. The zero-order chi connectivity index (χ0) is 15.9. The van der Waals surface area contributed by atoms with Gasteiger partial charge < -0.3 is 10.2 Å². The van der Waals surface area contributed by atoms with Crippen LogP contribution >= 0.6 is 0 Å². The molecule has 0 aliphatic carbocycles. The number of nitrogens with one attached hydrogen (secondary N) is 1. The SMILES string of the molecule is CN(C)c1nccc(CNC(=O)/C=C/c2ccccc2F)n1. The molecule has 0 fully saturated rings. The lowest BCUT2D eigenvalue weighted by Crippen LogP contribution is -2.22. The van der Waals surface area contributed by atoms with Crippen LogP contribution in [0, 0.1) is 5.82 Å². The largest absolute Gasteiger partial charge is 0.347 e. The molecule has 2 aromatic rings. The van der Waals surface area contributed by atoms with Gasteiger partial charge in [0, 0.05) is 31.9 Å². The highest BCUT2D eigenvalue weighted by atomic mass is 19.1. The van der Waals surface area contributed by atoms with E-state index < -0.39 is 0 Å². The lowest BCUT2D eigenvalue weighted by molar-refractivity contribution is -0.116. The van der Waals surface area contributed by atoms with E-state index in [0.717, 1.165) is 0 Å². The van der Waals surface area contributed by atoms with Crippen molar-refractivity contribution in [1.29, 1.82) is 0 Å². The summed E-state index contributed by atoms with van der Waals surface area (Å²) in [4.78, 5) is 21.9. The predicted molar refractivity (Wildman–Crippen MR) is 83.6 cm³/mol. The number of benzene rings is 1. The van der Waals surface area contributed by atoms with Crippen LogP contribution in [0.2, 0.25) is 0 Å². The van der Waals surface area contributed by atoms with Gasteiger partial charge in [0.25, 0.3) is 0 Å². The Hall–Kier alpha value is -2.76. The number of aromatic nitrogens is 2. The van der Waals surface area contributed by atoms with Gasteiger partial charge in [-0.15, -0.1) is 0 Å². The lowest BCUT2D eigenvalue weighted by atomic mass is 10.2. The molecule has 0 saturated heterocycles. The highest BCUT2D eigenvalue weighted by Crippen LogP contribution is 2.08. The van der Waals surface area contributed by atoms with Crippen molar-refractivity contribution in [2.75, 3.05) is 19.0 Å². The lowest BCUT2D eigenvalue weighted by Gasteiger charge is -2.10. The average Bonchev–Trinajstić information content (AvgIpc) is 2.52. The molecule has 1 N–H and O–H groups in total. The molecule has 5 nitrogen and oxygen atoms in total. The Balaban J connectivity index is 1.93. The van der Waals surface area contributed by atoms with Crippen molar-refractivity contribution >= 4 is 17.9 Å². The maximum absolute atomic E-state index is 13.4.